The van der Waals surface area contributed by atoms with Crippen molar-refractivity contribution in [3.8, 4) is 0 Å². The van der Waals surface area contributed by atoms with Gasteiger partial charge in [-0.05, 0) is 32.1 Å². The molecule has 4 rings (SSSR count). The summed E-state index contributed by atoms with van der Waals surface area (Å²) >= 11 is 0. The van der Waals surface area contributed by atoms with Crippen LogP contribution in [0.3, 0.4) is 0 Å². The van der Waals surface area contributed by atoms with Crippen molar-refractivity contribution in [3.05, 3.63) is 59.9 Å². The summed E-state index contributed by atoms with van der Waals surface area (Å²) in [6.07, 6.45) is 5.43. The highest BCUT2D eigenvalue weighted by Crippen LogP contribution is 2.43. The Labute approximate surface area is 162 Å². The van der Waals surface area contributed by atoms with Crippen LogP contribution in [0.1, 0.15) is 33.1 Å². The molecule has 3 heterocycles. The highest BCUT2D eigenvalue weighted by molar-refractivity contribution is 5.58. The van der Waals surface area contributed by atoms with Crippen LogP contribution in [0.4, 0.5) is 0 Å². The zero-order chi connectivity index (χ0) is 19.3. The minimum Gasteiger partial charge on any atom is -0.505 e. The van der Waals surface area contributed by atoms with Crippen molar-refractivity contribution < 1.29 is 9.84 Å². The van der Waals surface area contributed by atoms with Gasteiger partial charge in [-0.3, -0.25) is 0 Å². The summed E-state index contributed by atoms with van der Waals surface area (Å²) in [5.41, 5.74) is 3.94. The summed E-state index contributed by atoms with van der Waals surface area (Å²) in [6, 6.07) is 1.15. The molecule has 2 unspecified atom stereocenters. The van der Waals surface area contributed by atoms with Gasteiger partial charge in [-0.15, -0.1) is 0 Å². The molecule has 1 aliphatic carbocycles. The second-order valence-corrected chi connectivity index (χ2v) is 8.49. The van der Waals surface area contributed by atoms with Crippen molar-refractivity contribution in [2.75, 3.05) is 19.8 Å². The molecule has 0 aromatic carbocycles. The predicted octanol–water partition coefficient (Wildman–Crippen LogP) is 3.42. The Morgan fingerprint density at radius 1 is 1.30 bits per heavy atom. The number of rotatable bonds is 4. The lowest BCUT2D eigenvalue weighted by molar-refractivity contribution is 0.0590. The van der Waals surface area contributed by atoms with Gasteiger partial charge in [0.1, 0.15) is 11.5 Å². The number of fused-ring (bicyclic) bond motifs is 1. The molecule has 2 saturated heterocycles. The summed E-state index contributed by atoms with van der Waals surface area (Å²) in [5, 5.41) is 14.4. The fourth-order valence-corrected chi connectivity index (χ4v) is 4.81. The van der Waals surface area contributed by atoms with Crippen LogP contribution in [0.2, 0.25) is 0 Å². The van der Waals surface area contributed by atoms with Crippen LogP contribution in [-0.2, 0) is 4.74 Å². The van der Waals surface area contributed by atoms with Crippen molar-refractivity contribution in [1.82, 2.24) is 15.1 Å². The average Bonchev–Trinajstić information content (AvgIpc) is 3.08. The Hall–Kier alpha value is -2.14. The average molecular weight is 370 g/mol. The minimum atomic E-state index is 0.215. The second kappa shape index (κ2) is 6.79. The van der Waals surface area contributed by atoms with Gasteiger partial charge in [-0.1, -0.05) is 26.7 Å². The number of ether oxygens (including phenoxy) is 1. The number of aliphatic hydroxyl groups is 1. The van der Waals surface area contributed by atoms with Gasteiger partial charge >= 0.3 is 0 Å². The van der Waals surface area contributed by atoms with Gasteiger partial charge in [0.15, 0.2) is 0 Å². The van der Waals surface area contributed by atoms with Crippen LogP contribution in [-0.4, -0.2) is 52.8 Å². The number of allylic oxidation sites excluding steroid dienone is 2. The fraction of sp³-hybridized carbons (Fsp3) is 0.545. The predicted molar refractivity (Wildman–Crippen MR) is 108 cm³/mol. The topological polar surface area (TPSA) is 48.0 Å². The van der Waals surface area contributed by atoms with Crippen molar-refractivity contribution in [2.24, 2.45) is 5.92 Å². The zero-order valence-corrected chi connectivity index (χ0v) is 16.5. The number of piperazine rings is 1. The zero-order valence-electron chi connectivity index (χ0n) is 16.5. The van der Waals surface area contributed by atoms with Crippen molar-refractivity contribution in [1.29, 1.82) is 0 Å². The molecule has 27 heavy (non-hydrogen) atoms. The van der Waals surface area contributed by atoms with Crippen molar-refractivity contribution in [2.45, 2.75) is 51.2 Å². The molecule has 0 amide bonds. The summed E-state index contributed by atoms with van der Waals surface area (Å²) < 4.78 is 5.43. The molecule has 146 valence electrons. The third-order valence-electron chi connectivity index (χ3n) is 6.30. The molecular weight excluding hydrogens is 338 g/mol. The number of nitrogens with zero attached hydrogens (tertiary/aromatic N) is 2. The van der Waals surface area contributed by atoms with E-state index < -0.39 is 0 Å². The molecule has 0 aromatic rings. The summed E-state index contributed by atoms with van der Waals surface area (Å²) in [5.74, 6) is 0.991. The lowest BCUT2D eigenvalue weighted by Crippen LogP contribution is -2.55. The van der Waals surface area contributed by atoms with E-state index in [1.165, 1.54) is 12.8 Å². The van der Waals surface area contributed by atoms with Crippen molar-refractivity contribution in [3.63, 3.8) is 0 Å². The third kappa shape index (κ3) is 3.08. The Morgan fingerprint density at radius 2 is 2.04 bits per heavy atom. The highest BCUT2D eigenvalue weighted by atomic mass is 16.5. The van der Waals surface area contributed by atoms with Crippen LogP contribution in [0.15, 0.2) is 59.9 Å². The molecule has 2 atom stereocenters. The molecule has 0 spiro atoms. The lowest BCUT2D eigenvalue weighted by Gasteiger charge is -2.52. The van der Waals surface area contributed by atoms with E-state index in [0.29, 0.717) is 24.3 Å². The molecule has 3 fully saturated rings. The normalized spacial score (nSPS) is 33.6. The molecule has 4 aliphatic rings. The fourth-order valence-electron chi connectivity index (χ4n) is 4.81. The van der Waals surface area contributed by atoms with Crippen LogP contribution in [0.25, 0.3) is 0 Å². The van der Waals surface area contributed by atoms with Gasteiger partial charge < -0.3 is 25.0 Å². The van der Waals surface area contributed by atoms with Gasteiger partial charge in [0.2, 0.25) is 0 Å². The van der Waals surface area contributed by atoms with Crippen molar-refractivity contribution >= 4 is 0 Å². The first-order valence-electron chi connectivity index (χ1n) is 9.99. The van der Waals surface area contributed by atoms with Gasteiger partial charge in [-0.25, -0.2) is 0 Å². The van der Waals surface area contributed by atoms with E-state index in [2.05, 4.69) is 54.9 Å². The molecule has 1 saturated carbocycles. The standard InChI is InChI=1S/C22H31N3O2/c1-13-8-19(9-13)25-14(2)10-24-11-20(15(3)22(26)21(24)17(25)5)16(4)23-18-6-7-27-12-18/h11,13-14,18-19,23,26H,3-10,12H2,1-2H3. The van der Waals surface area contributed by atoms with E-state index in [1.807, 2.05) is 0 Å². The van der Waals surface area contributed by atoms with Crippen LogP contribution < -0.4 is 5.32 Å². The Morgan fingerprint density at radius 3 is 2.67 bits per heavy atom. The number of nitrogens with one attached hydrogen (secondary N) is 1. The number of hydrogen-bond acceptors (Lipinski definition) is 5. The molecule has 5 nitrogen and oxygen atoms in total. The lowest BCUT2D eigenvalue weighted by atomic mass is 9.79. The first-order chi connectivity index (χ1) is 12.9. The van der Waals surface area contributed by atoms with Crippen LogP contribution in [0, 0.1) is 5.92 Å². The molecule has 0 aromatic heterocycles. The SMILES string of the molecule is C=C(NC1CCOC1)C1=CN2CC(C)N(C3CC(C)C3)C(=C)C2=C(O)C1=C. The maximum absolute atomic E-state index is 11.0. The van der Waals surface area contributed by atoms with E-state index in [0.717, 1.165) is 48.2 Å². The van der Waals surface area contributed by atoms with E-state index in [1.54, 1.807) is 0 Å². The van der Waals surface area contributed by atoms with E-state index >= 15 is 0 Å². The maximum atomic E-state index is 11.0. The highest BCUT2D eigenvalue weighted by Gasteiger charge is 2.41. The molecule has 2 N–H and O–H groups in total. The number of aliphatic hydroxyl groups excluding tert-OH is 1. The van der Waals surface area contributed by atoms with Gasteiger partial charge in [0.05, 0.1) is 18.3 Å². The summed E-state index contributed by atoms with van der Waals surface area (Å²) in [6.45, 7) is 19.5. The second-order valence-electron chi connectivity index (χ2n) is 8.49. The Balaban J connectivity index is 1.56. The molecule has 0 radical (unpaired) electrons. The Bertz CT molecular complexity index is 739. The summed E-state index contributed by atoms with van der Waals surface area (Å²) in [4.78, 5) is 4.51. The quantitative estimate of drug-likeness (QED) is 0.795. The van der Waals surface area contributed by atoms with Crippen LogP contribution >= 0.6 is 0 Å². The third-order valence-corrected chi connectivity index (χ3v) is 6.30. The number of hydrogen-bond donors (Lipinski definition) is 2. The van der Waals surface area contributed by atoms with E-state index in [4.69, 9.17) is 4.74 Å². The van der Waals surface area contributed by atoms with Crippen LogP contribution in [0.5, 0.6) is 0 Å². The smallest absolute Gasteiger partial charge is 0.148 e. The van der Waals surface area contributed by atoms with E-state index in [9.17, 15) is 5.11 Å². The van der Waals surface area contributed by atoms with Gasteiger partial charge in [0, 0.05) is 48.3 Å². The maximum Gasteiger partial charge on any atom is 0.148 e. The monoisotopic (exact) mass is 369 g/mol. The molecule has 5 heteroatoms. The minimum absolute atomic E-state index is 0.215. The molecule has 0 bridgehead atoms. The molecular formula is C22H31N3O2. The van der Waals surface area contributed by atoms with E-state index in [-0.39, 0.29) is 11.8 Å². The van der Waals surface area contributed by atoms with Gasteiger partial charge in [0.25, 0.3) is 0 Å². The first kappa shape index (κ1) is 18.2. The molecule has 3 aliphatic heterocycles. The first-order valence-corrected chi connectivity index (χ1v) is 9.99. The summed E-state index contributed by atoms with van der Waals surface area (Å²) in [7, 11) is 0. The Kier molecular flexibility index (Phi) is 4.58. The van der Waals surface area contributed by atoms with Gasteiger partial charge in [-0.2, -0.15) is 0 Å². The largest absolute Gasteiger partial charge is 0.505 e.